The highest BCUT2D eigenvalue weighted by molar-refractivity contribution is 7.88. The molecule has 1 atom stereocenters. The van der Waals surface area contributed by atoms with E-state index in [-0.39, 0.29) is 6.04 Å². The zero-order chi connectivity index (χ0) is 13.8. The van der Waals surface area contributed by atoms with Crippen LogP contribution in [0.3, 0.4) is 0 Å². The standard InChI is InChI=1S/C14H18N2O2S/c1-9-4-5-11-12-6-7-16(19(3,17)18)10(2)14(12)15-13(11)8-9/h4-5,8,10,15H,6-7H2,1-3H3. The molecule has 1 aromatic carbocycles. The fourth-order valence-corrected chi connectivity index (χ4v) is 4.13. The van der Waals surface area contributed by atoms with E-state index in [1.54, 1.807) is 4.31 Å². The van der Waals surface area contributed by atoms with Gasteiger partial charge in [0, 0.05) is 23.1 Å². The smallest absolute Gasteiger partial charge is 0.211 e. The number of aromatic amines is 1. The lowest BCUT2D eigenvalue weighted by Crippen LogP contribution is -2.38. The van der Waals surface area contributed by atoms with E-state index >= 15 is 0 Å². The Morgan fingerprint density at radius 3 is 2.79 bits per heavy atom. The number of rotatable bonds is 1. The van der Waals surface area contributed by atoms with Crippen molar-refractivity contribution in [2.45, 2.75) is 26.3 Å². The SMILES string of the molecule is Cc1ccc2c3c([nH]c2c1)C(C)N(S(C)(=O)=O)CC3. The highest BCUT2D eigenvalue weighted by Crippen LogP contribution is 2.35. The van der Waals surface area contributed by atoms with Crippen LogP contribution in [0.15, 0.2) is 18.2 Å². The van der Waals surface area contributed by atoms with Gasteiger partial charge in [0.05, 0.1) is 12.3 Å². The molecule has 0 saturated heterocycles. The fourth-order valence-electron chi connectivity index (χ4n) is 3.03. The van der Waals surface area contributed by atoms with Crippen molar-refractivity contribution in [2.24, 2.45) is 0 Å². The van der Waals surface area contributed by atoms with Crippen molar-refractivity contribution in [3.05, 3.63) is 35.0 Å². The molecule has 0 bridgehead atoms. The van der Waals surface area contributed by atoms with E-state index in [1.165, 1.54) is 22.8 Å². The number of hydrogen-bond acceptors (Lipinski definition) is 2. The summed E-state index contributed by atoms with van der Waals surface area (Å²) in [5.74, 6) is 0. The molecule has 0 radical (unpaired) electrons. The Bertz CT molecular complexity index is 746. The first-order chi connectivity index (χ1) is 8.88. The maximum atomic E-state index is 11.8. The van der Waals surface area contributed by atoms with Crippen LogP contribution in [0, 0.1) is 6.92 Å². The summed E-state index contributed by atoms with van der Waals surface area (Å²) in [5, 5.41) is 1.22. The molecule has 0 amide bonds. The third kappa shape index (κ3) is 1.97. The molecule has 0 spiro atoms. The Hall–Kier alpha value is -1.33. The summed E-state index contributed by atoms with van der Waals surface area (Å²) in [6.45, 7) is 4.57. The minimum Gasteiger partial charge on any atom is -0.357 e. The third-order valence-corrected chi connectivity index (χ3v) is 5.30. The van der Waals surface area contributed by atoms with Gasteiger partial charge in [0.15, 0.2) is 0 Å². The molecule has 0 aliphatic carbocycles. The molecule has 0 saturated carbocycles. The van der Waals surface area contributed by atoms with Gasteiger partial charge in [-0.1, -0.05) is 12.1 Å². The van der Waals surface area contributed by atoms with Crippen molar-refractivity contribution in [1.29, 1.82) is 0 Å². The number of H-pyrrole nitrogens is 1. The molecule has 1 unspecified atom stereocenters. The Kier molecular flexibility index (Phi) is 2.73. The summed E-state index contributed by atoms with van der Waals surface area (Å²) >= 11 is 0. The highest BCUT2D eigenvalue weighted by atomic mass is 32.2. The van der Waals surface area contributed by atoms with E-state index in [2.05, 4.69) is 30.1 Å². The molecule has 102 valence electrons. The van der Waals surface area contributed by atoms with Gasteiger partial charge in [-0.25, -0.2) is 8.42 Å². The molecule has 1 aromatic heterocycles. The second kappa shape index (κ2) is 4.08. The topological polar surface area (TPSA) is 53.2 Å². The van der Waals surface area contributed by atoms with E-state index in [1.807, 2.05) is 6.92 Å². The molecule has 4 nitrogen and oxygen atoms in total. The van der Waals surface area contributed by atoms with Crippen LogP contribution in [-0.4, -0.2) is 30.5 Å². The van der Waals surface area contributed by atoms with Crippen LogP contribution >= 0.6 is 0 Å². The molecule has 3 rings (SSSR count). The van der Waals surface area contributed by atoms with E-state index in [0.29, 0.717) is 6.54 Å². The Labute approximate surface area is 113 Å². The monoisotopic (exact) mass is 278 g/mol. The number of aryl methyl sites for hydroxylation is 1. The number of sulfonamides is 1. The zero-order valence-corrected chi connectivity index (χ0v) is 12.2. The van der Waals surface area contributed by atoms with E-state index in [4.69, 9.17) is 0 Å². The van der Waals surface area contributed by atoms with Gasteiger partial charge in [0.25, 0.3) is 0 Å². The van der Waals surface area contributed by atoms with Crippen molar-refractivity contribution < 1.29 is 8.42 Å². The summed E-state index contributed by atoms with van der Waals surface area (Å²) in [6.07, 6.45) is 2.05. The van der Waals surface area contributed by atoms with Crippen molar-refractivity contribution in [1.82, 2.24) is 9.29 Å². The predicted molar refractivity (Wildman–Crippen MR) is 76.7 cm³/mol. The zero-order valence-electron chi connectivity index (χ0n) is 11.4. The Morgan fingerprint density at radius 1 is 1.37 bits per heavy atom. The summed E-state index contributed by atoms with van der Waals surface area (Å²) in [6, 6.07) is 6.23. The third-order valence-electron chi connectivity index (χ3n) is 3.95. The number of benzene rings is 1. The lowest BCUT2D eigenvalue weighted by molar-refractivity contribution is 0.325. The first-order valence-electron chi connectivity index (χ1n) is 6.46. The average Bonchev–Trinajstić information content (AvgIpc) is 2.66. The van der Waals surface area contributed by atoms with E-state index < -0.39 is 10.0 Å². The minimum absolute atomic E-state index is 0.119. The molecule has 1 aliphatic heterocycles. The molecule has 0 fully saturated rings. The second-order valence-electron chi connectivity index (χ2n) is 5.37. The van der Waals surface area contributed by atoms with Crippen LogP contribution in [0.1, 0.15) is 29.8 Å². The van der Waals surface area contributed by atoms with Gasteiger partial charge in [0.1, 0.15) is 0 Å². The van der Waals surface area contributed by atoms with E-state index in [0.717, 1.165) is 17.6 Å². The van der Waals surface area contributed by atoms with Crippen LogP contribution in [0.5, 0.6) is 0 Å². The Morgan fingerprint density at radius 2 is 2.11 bits per heavy atom. The molecule has 5 heteroatoms. The molecule has 1 N–H and O–H groups in total. The van der Waals surface area contributed by atoms with Crippen molar-refractivity contribution in [3.8, 4) is 0 Å². The molecular formula is C14H18N2O2S. The number of hydrogen-bond donors (Lipinski definition) is 1. The second-order valence-corrected chi connectivity index (χ2v) is 7.30. The number of fused-ring (bicyclic) bond motifs is 3. The summed E-state index contributed by atoms with van der Waals surface area (Å²) < 4.78 is 25.1. The molecular weight excluding hydrogens is 260 g/mol. The molecule has 19 heavy (non-hydrogen) atoms. The van der Waals surface area contributed by atoms with Crippen LogP contribution < -0.4 is 0 Å². The predicted octanol–water partition coefficient (Wildman–Crippen LogP) is 2.36. The Balaban J connectivity index is 2.17. The average molecular weight is 278 g/mol. The maximum absolute atomic E-state index is 11.8. The quantitative estimate of drug-likeness (QED) is 0.870. The summed E-state index contributed by atoms with van der Waals surface area (Å²) in [5.41, 5.74) is 4.62. The van der Waals surface area contributed by atoms with Gasteiger partial charge < -0.3 is 4.98 Å². The first-order valence-corrected chi connectivity index (χ1v) is 8.30. The van der Waals surface area contributed by atoms with Crippen molar-refractivity contribution in [2.75, 3.05) is 12.8 Å². The van der Waals surface area contributed by atoms with Crippen LogP contribution in [0.2, 0.25) is 0 Å². The largest absolute Gasteiger partial charge is 0.357 e. The first kappa shape index (κ1) is 12.7. The van der Waals surface area contributed by atoms with E-state index in [9.17, 15) is 8.42 Å². The summed E-state index contributed by atoms with van der Waals surface area (Å²) in [7, 11) is -3.15. The van der Waals surface area contributed by atoms with Gasteiger partial charge in [-0.2, -0.15) is 4.31 Å². The van der Waals surface area contributed by atoms with Gasteiger partial charge in [-0.3, -0.25) is 0 Å². The molecule has 1 aliphatic rings. The van der Waals surface area contributed by atoms with Crippen LogP contribution in [0.25, 0.3) is 10.9 Å². The number of nitrogens with one attached hydrogen (secondary N) is 1. The van der Waals surface area contributed by atoms with Gasteiger partial charge in [-0.05, 0) is 37.5 Å². The number of aromatic nitrogens is 1. The fraction of sp³-hybridized carbons (Fsp3) is 0.429. The molecule has 2 aromatic rings. The molecule has 2 heterocycles. The number of nitrogens with zero attached hydrogens (tertiary/aromatic N) is 1. The van der Waals surface area contributed by atoms with Gasteiger partial charge in [-0.15, -0.1) is 0 Å². The highest BCUT2D eigenvalue weighted by Gasteiger charge is 2.32. The van der Waals surface area contributed by atoms with Gasteiger partial charge in [0.2, 0.25) is 10.0 Å². The van der Waals surface area contributed by atoms with Gasteiger partial charge >= 0.3 is 0 Å². The van der Waals surface area contributed by atoms with Crippen LogP contribution in [0.4, 0.5) is 0 Å². The normalized spacial score (nSPS) is 20.7. The lowest BCUT2D eigenvalue weighted by Gasteiger charge is -2.31. The minimum atomic E-state index is -3.15. The van der Waals surface area contributed by atoms with Crippen LogP contribution in [-0.2, 0) is 16.4 Å². The summed E-state index contributed by atoms with van der Waals surface area (Å²) in [4.78, 5) is 3.40. The lowest BCUT2D eigenvalue weighted by atomic mass is 10.00. The van der Waals surface area contributed by atoms with Crippen molar-refractivity contribution in [3.63, 3.8) is 0 Å². The van der Waals surface area contributed by atoms with Crippen molar-refractivity contribution >= 4 is 20.9 Å². The maximum Gasteiger partial charge on any atom is 0.211 e.